The Hall–Kier alpha value is -1.22. The summed E-state index contributed by atoms with van der Waals surface area (Å²) >= 11 is 5.14. The number of fused-ring (bicyclic) bond motifs is 1. The summed E-state index contributed by atoms with van der Waals surface area (Å²) in [6.45, 7) is 6.11. The number of pyridine rings is 2. The first-order chi connectivity index (χ1) is 6.58. The molecule has 72 valence electrons. The van der Waals surface area contributed by atoms with Crippen LogP contribution in [0.15, 0.2) is 12.1 Å². The van der Waals surface area contributed by atoms with Crippen LogP contribution in [-0.4, -0.2) is 9.97 Å². The maximum atomic E-state index is 5.14. The average molecular weight is 204 g/mol. The van der Waals surface area contributed by atoms with Crippen LogP contribution in [0.1, 0.15) is 16.8 Å². The minimum absolute atomic E-state index is 0.679. The molecule has 2 aliphatic heterocycles. The van der Waals surface area contributed by atoms with Gasteiger partial charge in [0.15, 0.2) is 0 Å². The lowest BCUT2D eigenvalue weighted by Gasteiger charge is -2.10. The fourth-order valence-corrected chi connectivity index (χ4v) is 1.77. The number of aromatic nitrogens is 2. The molecule has 14 heavy (non-hydrogen) atoms. The third kappa shape index (κ3) is 1.44. The highest BCUT2D eigenvalue weighted by atomic mass is 32.1. The molecule has 0 amide bonds. The number of hydrogen-bond acceptors (Lipinski definition) is 2. The molecule has 0 spiro atoms. The number of aromatic amines is 1. The minimum atomic E-state index is 0.679. The number of nitrogens with one attached hydrogen (secondary N) is 1. The van der Waals surface area contributed by atoms with Crippen molar-refractivity contribution in [2.24, 2.45) is 0 Å². The molecule has 0 aromatic heterocycles. The van der Waals surface area contributed by atoms with Gasteiger partial charge in [0.2, 0.25) is 0 Å². The van der Waals surface area contributed by atoms with Gasteiger partial charge in [-0.05, 0) is 44.0 Å². The molecule has 0 aromatic rings. The van der Waals surface area contributed by atoms with Crippen molar-refractivity contribution in [3.05, 3.63) is 33.6 Å². The molecular weight excluding hydrogens is 192 g/mol. The van der Waals surface area contributed by atoms with Gasteiger partial charge in [0.05, 0.1) is 0 Å². The zero-order valence-electron chi connectivity index (χ0n) is 8.51. The van der Waals surface area contributed by atoms with E-state index in [1.165, 1.54) is 5.56 Å². The molecule has 3 heteroatoms. The summed E-state index contributed by atoms with van der Waals surface area (Å²) < 4.78 is 0.679. The lowest BCUT2D eigenvalue weighted by atomic mass is 10.1. The molecule has 0 saturated heterocycles. The normalized spacial score (nSPS) is 10.8. The summed E-state index contributed by atoms with van der Waals surface area (Å²) in [6, 6.07) is 4.21. The summed E-state index contributed by atoms with van der Waals surface area (Å²) in [4.78, 5) is 7.58. The third-order valence-electron chi connectivity index (χ3n) is 2.34. The van der Waals surface area contributed by atoms with E-state index < -0.39 is 0 Å². The van der Waals surface area contributed by atoms with Crippen LogP contribution in [0.25, 0.3) is 11.4 Å². The van der Waals surface area contributed by atoms with E-state index in [1.54, 1.807) is 0 Å². The Morgan fingerprint density at radius 3 is 2.57 bits per heavy atom. The van der Waals surface area contributed by atoms with E-state index in [0.29, 0.717) is 4.64 Å². The standard InChI is InChI=1S/C11H12N2S/c1-6-4-8(3)12-10-9(6)5-7(2)11(14)13-10/h4-5H,1-3H3,(H,12,13,14). The molecule has 0 unspecified atom stereocenters. The number of aryl methyl sites for hydroxylation is 3. The van der Waals surface area contributed by atoms with Crippen molar-refractivity contribution in [1.29, 1.82) is 0 Å². The van der Waals surface area contributed by atoms with Gasteiger partial charge in [0.1, 0.15) is 10.5 Å². The molecule has 0 fully saturated rings. The third-order valence-corrected chi connectivity index (χ3v) is 2.75. The maximum absolute atomic E-state index is 5.14. The predicted molar refractivity (Wildman–Crippen MR) is 60.3 cm³/mol. The van der Waals surface area contributed by atoms with Gasteiger partial charge >= 0.3 is 0 Å². The first kappa shape index (κ1) is 9.34. The van der Waals surface area contributed by atoms with Crippen LogP contribution in [0.4, 0.5) is 0 Å². The summed E-state index contributed by atoms with van der Waals surface area (Å²) in [6.07, 6.45) is 0. The second kappa shape index (κ2) is 3.17. The number of H-pyrrole nitrogens is 1. The van der Waals surface area contributed by atoms with Gasteiger partial charge in [-0.25, -0.2) is 4.98 Å². The van der Waals surface area contributed by atoms with Gasteiger partial charge in [-0.15, -0.1) is 0 Å². The smallest absolute Gasteiger partial charge is 0.139 e. The van der Waals surface area contributed by atoms with Crippen molar-refractivity contribution in [3.63, 3.8) is 0 Å². The monoisotopic (exact) mass is 204 g/mol. The summed E-state index contributed by atoms with van der Waals surface area (Å²) in [7, 11) is 0. The van der Waals surface area contributed by atoms with Gasteiger partial charge < -0.3 is 4.98 Å². The highest BCUT2D eigenvalue weighted by Crippen LogP contribution is 2.23. The van der Waals surface area contributed by atoms with Crippen LogP contribution in [0.5, 0.6) is 0 Å². The zero-order chi connectivity index (χ0) is 10.3. The molecule has 0 aliphatic carbocycles. The number of nitrogens with zero attached hydrogens (tertiary/aromatic N) is 1. The molecule has 0 atom stereocenters. The van der Waals surface area contributed by atoms with E-state index in [-0.39, 0.29) is 0 Å². The fourth-order valence-electron chi connectivity index (χ4n) is 1.62. The molecule has 0 aromatic carbocycles. The van der Waals surface area contributed by atoms with Crippen molar-refractivity contribution in [2.75, 3.05) is 0 Å². The second-order valence-electron chi connectivity index (χ2n) is 3.64. The van der Waals surface area contributed by atoms with Crippen LogP contribution >= 0.6 is 12.2 Å². The Bertz CT molecular complexity index is 514. The van der Waals surface area contributed by atoms with Crippen LogP contribution in [-0.2, 0) is 0 Å². The van der Waals surface area contributed by atoms with Gasteiger partial charge in [0, 0.05) is 11.3 Å². The fraction of sp³-hybridized carbons (Fsp3) is 0.273. The SMILES string of the molecule is Cc1cc(C)c2cc(C)c(=S)nc-2[nH]1. The Morgan fingerprint density at radius 1 is 1.14 bits per heavy atom. The first-order valence-electron chi connectivity index (χ1n) is 4.56. The van der Waals surface area contributed by atoms with Crippen molar-refractivity contribution in [1.82, 2.24) is 9.97 Å². The molecule has 0 bridgehead atoms. The van der Waals surface area contributed by atoms with Crippen molar-refractivity contribution < 1.29 is 0 Å². The van der Waals surface area contributed by atoms with E-state index in [2.05, 4.69) is 29.0 Å². The van der Waals surface area contributed by atoms with E-state index in [9.17, 15) is 0 Å². The predicted octanol–water partition coefficient (Wildman–Crippen LogP) is 3.17. The minimum Gasteiger partial charge on any atom is -0.344 e. The molecule has 2 heterocycles. The average Bonchev–Trinajstić information content (AvgIpc) is 2.08. The van der Waals surface area contributed by atoms with Crippen molar-refractivity contribution in [3.8, 4) is 11.4 Å². The number of hydrogen-bond donors (Lipinski definition) is 1. The van der Waals surface area contributed by atoms with Crippen molar-refractivity contribution >= 4 is 12.2 Å². The summed E-state index contributed by atoms with van der Waals surface area (Å²) in [5.74, 6) is 0.887. The van der Waals surface area contributed by atoms with Gasteiger partial charge in [-0.3, -0.25) is 0 Å². The Balaban J connectivity index is 2.89. The van der Waals surface area contributed by atoms with Crippen LogP contribution < -0.4 is 0 Å². The molecule has 1 N–H and O–H groups in total. The quantitative estimate of drug-likeness (QED) is 0.668. The van der Waals surface area contributed by atoms with Gasteiger partial charge in [0.25, 0.3) is 0 Å². The van der Waals surface area contributed by atoms with Gasteiger partial charge in [-0.2, -0.15) is 0 Å². The summed E-state index contributed by atoms with van der Waals surface area (Å²) in [5, 5.41) is 0. The Kier molecular flexibility index (Phi) is 2.11. The zero-order valence-corrected chi connectivity index (χ0v) is 9.33. The molecule has 0 saturated carbocycles. The number of rotatable bonds is 0. The first-order valence-corrected chi connectivity index (χ1v) is 4.96. The molecule has 2 aliphatic rings. The molecule has 0 radical (unpaired) electrons. The topological polar surface area (TPSA) is 28.7 Å². The van der Waals surface area contributed by atoms with Crippen molar-refractivity contribution in [2.45, 2.75) is 20.8 Å². The van der Waals surface area contributed by atoms with E-state index >= 15 is 0 Å². The van der Waals surface area contributed by atoms with Gasteiger partial charge in [-0.1, -0.05) is 12.2 Å². The lowest BCUT2D eigenvalue weighted by Crippen LogP contribution is -1.98. The second-order valence-corrected chi connectivity index (χ2v) is 4.03. The maximum Gasteiger partial charge on any atom is 0.139 e. The Morgan fingerprint density at radius 2 is 1.86 bits per heavy atom. The lowest BCUT2D eigenvalue weighted by molar-refractivity contribution is 1.09. The van der Waals surface area contributed by atoms with Crippen LogP contribution in [0, 0.1) is 25.4 Å². The molecular formula is C11H12N2S. The highest BCUT2D eigenvalue weighted by Gasteiger charge is 2.08. The highest BCUT2D eigenvalue weighted by molar-refractivity contribution is 7.71. The largest absolute Gasteiger partial charge is 0.344 e. The van der Waals surface area contributed by atoms with E-state index in [0.717, 1.165) is 22.6 Å². The summed E-state index contributed by atoms with van der Waals surface area (Å²) in [5.41, 5.74) is 4.57. The Labute approximate surface area is 88.4 Å². The molecule has 2 nitrogen and oxygen atoms in total. The van der Waals surface area contributed by atoms with Crippen LogP contribution in [0.3, 0.4) is 0 Å². The molecule has 2 rings (SSSR count). The van der Waals surface area contributed by atoms with E-state index in [1.807, 2.05) is 13.8 Å². The van der Waals surface area contributed by atoms with Crippen LogP contribution in [0.2, 0.25) is 0 Å². The van der Waals surface area contributed by atoms with E-state index in [4.69, 9.17) is 12.2 Å².